The van der Waals surface area contributed by atoms with Crippen LogP contribution in [0.5, 0.6) is 0 Å². The highest BCUT2D eigenvalue weighted by Crippen LogP contribution is 2.18. The molecule has 0 aliphatic carbocycles. The van der Waals surface area contributed by atoms with E-state index in [9.17, 15) is 9.59 Å². The number of nitrogens with two attached hydrogens (primary N) is 1. The van der Waals surface area contributed by atoms with Gasteiger partial charge in [0.2, 0.25) is 0 Å². The van der Waals surface area contributed by atoms with Crippen molar-refractivity contribution in [1.82, 2.24) is 10.4 Å². The van der Waals surface area contributed by atoms with Gasteiger partial charge in [-0.1, -0.05) is 6.07 Å². The molecule has 2 aromatic rings. The summed E-state index contributed by atoms with van der Waals surface area (Å²) in [6, 6.07) is 8.39. The van der Waals surface area contributed by atoms with Gasteiger partial charge in [-0.2, -0.15) is 0 Å². The van der Waals surface area contributed by atoms with Crippen molar-refractivity contribution in [1.29, 1.82) is 0 Å². The summed E-state index contributed by atoms with van der Waals surface area (Å²) in [7, 11) is 0. The molecular formula is C14H14N4O2. The third-order valence-corrected chi connectivity index (χ3v) is 2.72. The number of amides is 2. The van der Waals surface area contributed by atoms with Crippen LogP contribution >= 0.6 is 0 Å². The number of carbonyl (C=O) groups excluding carboxylic acids is 2. The van der Waals surface area contributed by atoms with E-state index in [0.717, 1.165) is 5.56 Å². The molecule has 0 saturated heterocycles. The molecule has 102 valence electrons. The van der Waals surface area contributed by atoms with Crippen molar-refractivity contribution in [3.05, 3.63) is 59.4 Å². The van der Waals surface area contributed by atoms with Crippen molar-refractivity contribution in [3.63, 3.8) is 0 Å². The third-order valence-electron chi connectivity index (χ3n) is 2.72. The van der Waals surface area contributed by atoms with Crippen LogP contribution in [0.3, 0.4) is 0 Å². The van der Waals surface area contributed by atoms with Crippen LogP contribution in [0.25, 0.3) is 0 Å². The molecule has 0 saturated carbocycles. The van der Waals surface area contributed by atoms with E-state index in [1.165, 1.54) is 6.20 Å². The smallest absolute Gasteiger partial charge is 0.267 e. The Morgan fingerprint density at radius 1 is 1.20 bits per heavy atom. The summed E-state index contributed by atoms with van der Waals surface area (Å²) in [5.41, 5.74) is 4.08. The number of rotatable bonds is 3. The molecular weight excluding hydrogens is 256 g/mol. The number of nitrogens with one attached hydrogen (secondary N) is 2. The monoisotopic (exact) mass is 270 g/mol. The number of hydrogen-bond donors (Lipinski definition) is 3. The summed E-state index contributed by atoms with van der Waals surface area (Å²) in [5.74, 6) is 4.33. The van der Waals surface area contributed by atoms with E-state index in [-0.39, 0.29) is 5.91 Å². The summed E-state index contributed by atoms with van der Waals surface area (Å²) in [5, 5.41) is 2.69. The molecule has 0 fully saturated rings. The standard InChI is InChI=1S/C14H14N4O2/c1-9-4-5-11(14(20)18-15)12(7-9)17-13(19)10-3-2-6-16-8-10/h2-8H,15H2,1H3,(H,17,19)(H,18,20). The van der Waals surface area contributed by atoms with Crippen LogP contribution in [0.2, 0.25) is 0 Å². The number of hydrogen-bond acceptors (Lipinski definition) is 4. The number of aromatic nitrogens is 1. The number of pyridine rings is 1. The van der Waals surface area contributed by atoms with E-state index in [2.05, 4.69) is 15.7 Å². The number of benzene rings is 1. The van der Waals surface area contributed by atoms with Gasteiger partial charge in [0, 0.05) is 12.4 Å². The first-order valence-electron chi connectivity index (χ1n) is 5.95. The first-order valence-corrected chi connectivity index (χ1v) is 5.95. The van der Waals surface area contributed by atoms with E-state index >= 15 is 0 Å². The molecule has 1 aromatic carbocycles. The van der Waals surface area contributed by atoms with Crippen LogP contribution in [-0.2, 0) is 0 Å². The normalized spacial score (nSPS) is 9.90. The highest BCUT2D eigenvalue weighted by Gasteiger charge is 2.13. The maximum atomic E-state index is 12.1. The predicted molar refractivity (Wildman–Crippen MR) is 75.0 cm³/mol. The van der Waals surface area contributed by atoms with Gasteiger partial charge in [0.05, 0.1) is 16.8 Å². The quantitative estimate of drug-likeness (QED) is 0.444. The summed E-state index contributed by atoms with van der Waals surface area (Å²) in [6.45, 7) is 1.86. The van der Waals surface area contributed by atoms with Crippen LogP contribution in [-0.4, -0.2) is 16.8 Å². The van der Waals surface area contributed by atoms with Crippen molar-refractivity contribution in [2.24, 2.45) is 5.84 Å². The Bertz CT molecular complexity index is 641. The maximum Gasteiger partial charge on any atom is 0.267 e. The van der Waals surface area contributed by atoms with Gasteiger partial charge < -0.3 is 5.32 Å². The number of hydrazine groups is 1. The largest absolute Gasteiger partial charge is 0.321 e. The van der Waals surface area contributed by atoms with Crippen molar-refractivity contribution < 1.29 is 9.59 Å². The number of nitrogens with zero attached hydrogens (tertiary/aromatic N) is 1. The van der Waals surface area contributed by atoms with Crippen LogP contribution in [0, 0.1) is 6.92 Å². The molecule has 6 heteroatoms. The third kappa shape index (κ3) is 2.99. The Hall–Kier alpha value is -2.73. The second kappa shape index (κ2) is 5.94. The first-order chi connectivity index (χ1) is 9.61. The van der Waals surface area contributed by atoms with Gasteiger partial charge in [0.25, 0.3) is 11.8 Å². The van der Waals surface area contributed by atoms with E-state index in [1.54, 1.807) is 36.5 Å². The van der Waals surface area contributed by atoms with Gasteiger partial charge in [-0.05, 0) is 36.8 Å². The Morgan fingerprint density at radius 3 is 2.65 bits per heavy atom. The molecule has 0 radical (unpaired) electrons. The lowest BCUT2D eigenvalue weighted by Gasteiger charge is -2.11. The van der Waals surface area contributed by atoms with Crippen molar-refractivity contribution >= 4 is 17.5 Å². The average molecular weight is 270 g/mol. The van der Waals surface area contributed by atoms with Crippen molar-refractivity contribution in [2.75, 3.05) is 5.32 Å². The Kier molecular flexibility index (Phi) is 4.07. The molecule has 1 heterocycles. The zero-order valence-corrected chi connectivity index (χ0v) is 10.9. The first kappa shape index (κ1) is 13.7. The van der Waals surface area contributed by atoms with Crippen LogP contribution < -0.4 is 16.6 Å². The molecule has 2 rings (SSSR count). The minimum absolute atomic E-state index is 0.301. The molecule has 0 unspecified atom stereocenters. The molecule has 20 heavy (non-hydrogen) atoms. The molecule has 4 N–H and O–H groups in total. The Morgan fingerprint density at radius 2 is 2.00 bits per heavy atom. The number of carbonyl (C=O) groups is 2. The number of nitrogen functional groups attached to an aromatic ring is 1. The summed E-state index contributed by atoms with van der Waals surface area (Å²) in [6.07, 6.45) is 3.03. The Labute approximate surface area is 116 Å². The fraction of sp³-hybridized carbons (Fsp3) is 0.0714. The van der Waals surface area contributed by atoms with E-state index in [1.807, 2.05) is 6.92 Å². The number of aryl methyl sites for hydroxylation is 1. The molecule has 2 amide bonds. The fourth-order valence-electron chi connectivity index (χ4n) is 1.73. The molecule has 0 spiro atoms. The zero-order chi connectivity index (χ0) is 14.5. The van der Waals surface area contributed by atoms with Gasteiger partial charge in [0.1, 0.15) is 0 Å². The SMILES string of the molecule is Cc1ccc(C(=O)NN)c(NC(=O)c2cccnc2)c1. The predicted octanol–water partition coefficient (Wildman–Crippen LogP) is 1.25. The lowest BCUT2D eigenvalue weighted by Crippen LogP contribution is -2.31. The molecule has 0 atom stereocenters. The minimum Gasteiger partial charge on any atom is -0.321 e. The van der Waals surface area contributed by atoms with Crippen LogP contribution in [0.15, 0.2) is 42.7 Å². The molecule has 1 aromatic heterocycles. The van der Waals surface area contributed by atoms with Gasteiger partial charge in [0.15, 0.2) is 0 Å². The average Bonchev–Trinajstić information content (AvgIpc) is 2.47. The second-order valence-corrected chi connectivity index (χ2v) is 4.22. The molecule has 0 aliphatic heterocycles. The highest BCUT2D eigenvalue weighted by molar-refractivity contribution is 6.08. The molecule has 6 nitrogen and oxygen atoms in total. The van der Waals surface area contributed by atoms with Gasteiger partial charge in [-0.3, -0.25) is 20.0 Å². The van der Waals surface area contributed by atoms with E-state index in [0.29, 0.717) is 16.8 Å². The summed E-state index contributed by atoms with van der Waals surface area (Å²) < 4.78 is 0. The minimum atomic E-state index is -0.466. The second-order valence-electron chi connectivity index (χ2n) is 4.22. The van der Waals surface area contributed by atoms with Gasteiger partial charge in [-0.25, -0.2) is 5.84 Å². The topological polar surface area (TPSA) is 97.1 Å². The zero-order valence-electron chi connectivity index (χ0n) is 10.9. The van der Waals surface area contributed by atoms with Gasteiger partial charge in [-0.15, -0.1) is 0 Å². The van der Waals surface area contributed by atoms with E-state index in [4.69, 9.17) is 5.84 Å². The lowest BCUT2D eigenvalue weighted by molar-refractivity contribution is 0.0954. The van der Waals surface area contributed by atoms with Crippen LogP contribution in [0.1, 0.15) is 26.3 Å². The van der Waals surface area contributed by atoms with E-state index < -0.39 is 5.91 Å². The molecule has 0 bridgehead atoms. The number of anilines is 1. The highest BCUT2D eigenvalue weighted by atomic mass is 16.2. The van der Waals surface area contributed by atoms with Gasteiger partial charge >= 0.3 is 0 Å². The molecule has 0 aliphatic rings. The summed E-state index contributed by atoms with van der Waals surface area (Å²) >= 11 is 0. The van der Waals surface area contributed by atoms with Crippen LogP contribution in [0.4, 0.5) is 5.69 Å². The maximum absolute atomic E-state index is 12.1. The lowest BCUT2D eigenvalue weighted by atomic mass is 10.1. The van der Waals surface area contributed by atoms with Crippen molar-refractivity contribution in [3.8, 4) is 0 Å². The Balaban J connectivity index is 2.31. The summed E-state index contributed by atoms with van der Waals surface area (Å²) in [4.78, 5) is 27.6. The van der Waals surface area contributed by atoms with Crippen molar-refractivity contribution in [2.45, 2.75) is 6.92 Å². The fourth-order valence-corrected chi connectivity index (χ4v) is 1.73.